The predicted octanol–water partition coefficient (Wildman–Crippen LogP) is 1.69. The van der Waals surface area contributed by atoms with Crippen molar-refractivity contribution in [2.24, 2.45) is 14.1 Å². The third-order valence-electron chi connectivity index (χ3n) is 5.27. The number of hydrogen-bond donors (Lipinski definition) is 0. The van der Waals surface area contributed by atoms with Gasteiger partial charge in [-0.3, -0.25) is 18.8 Å². The van der Waals surface area contributed by atoms with Gasteiger partial charge in [-0.05, 0) is 30.7 Å². The summed E-state index contributed by atoms with van der Waals surface area (Å²) in [5, 5.41) is 0. The number of aromatic nitrogens is 2. The van der Waals surface area contributed by atoms with E-state index in [9.17, 15) is 22.8 Å². The predicted molar refractivity (Wildman–Crippen MR) is 107 cm³/mol. The number of halogens is 3. The number of ether oxygens (including phenoxy) is 1. The zero-order chi connectivity index (χ0) is 21.9. The number of rotatable bonds is 6. The van der Waals surface area contributed by atoms with Gasteiger partial charge in [0.15, 0.2) is 0 Å². The minimum absolute atomic E-state index is 0.323. The smallest absolute Gasteiger partial charge is 0.416 e. The van der Waals surface area contributed by atoms with Crippen LogP contribution in [-0.4, -0.2) is 53.4 Å². The van der Waals surface area contributed by atoms with Crippen molar-refractivity contribution in [2.75, 3.05) is 44.2 Å². The van der Waals surface area contributed by atoms with Crippen molar-refractivity contribution in [3.63, 3.8) is 0 Å². The summed E-state index contributed by atoms with van der Waals surface area (Å²) in [5.74, 6) is 1.03. The highest BCUT2D eigenvalue weighted by molar-refractivity contribution is 5.39. The van der Waals surface area contributed by atoms with Crippen molar-refractivity contribution in [1.29, 1.82) is 0 Å². The van der Waals surface area contributed by atoms with Gasteiger partial charge in [0.05, 0.1) is 12.2 Å². The van der Waals surface area contributed by atoms with Gasteiger partial charge < -0.3 is 9.64 Å². The molecule has 0 amide bonds. The van der Waals surface area contributed by atoms with Crippen LogP contribution in [0.5, 0.6) is 5.75 Å². The van der Waals surface area contributed by atoms with Gasteiger partial charge in [-0.25, -0.2) is 4.79 Å². The molecule has 7 nitrogen and oxygen atoms in total. The normalized spacial score (nSPS) is 15.4. The largest absolute Gasteiger partial charge is 0.494 e. The first kappa shape index (κ1) is 21.9. The summed E-state index contributed by atoms with van der Waals surface area (Å²) in [6.07, 6.45) is -3.61. The van der Waals surface area contributed by atoms with Crippen LogP contribution in [-0.2, 0) is 20.3 Å². The summed E-state index contributed by atoms with van der Waals surface area (Å²) >= 11 is 0. The Kier molecular flexibility index (Phi) is 6.55. The zero-order valence-electron chi connectivity index (χ0n) is 17.0. The Labute approximate surface area is 171 Å². The molecule has 1 fully saturated rings. The van der Waals surface area contributed by atoms with Gasteiger partial charge in [0.1, 0.15) is 11.6 Å². The van der Waals surface area contributed by atoms with Gasteiger partial charge in [0, 0.05) is 52.9 Å². The van der Waals surface area contributed by atoms with E-state index in [2.05, 4.69) is 4.90 Å². The molecule has 2 aromatic rings. The van der Waals surface area contributed by atoms with Gasteiger partial charge in [0.2, 0.25) is 0 Å². The molecule has 0 radical (unpaired) electrons. The van der Waals surface area contributed by atoms with Crippen molar-refractivity contribution < 1.29 is 17.9 Å². The Balaban J connectivity index is 1.44. The molecule has 0 saturated carbocycles. The molecule has 0 N–H and O–H groups in total. The summed E-state index contributed by atoms with van der Waals surface area (Å²) in [4.78, 5) is 28.3. The maximum atomic E-state index is 12.6. The van der Waals surface area contributed by atoms with E-state index in [0.29, 0.717) is 31.3 Å². The average Bonchev–Trinajstić information content (AvgIpc) is 2.72. The van der Waals surface area contributed by atoms with Crippen molar-refractivity contribution >= 4 is 5.82 Å². The van der Waals surface area contributed by atoms with Gasteiger partial charge in [-0.1, -0.05) is 0 Å². The van der Waals surface area contributed by atoms with Crippen molar-refractivity contribution in [3.05, 3.63) is 56.7 Å². The summed E-state index contributed by atoms with van der Waals surface area (Å²) in [5.41, 5.74) is -1.36. The third-order valence-corrected chi connectivity index (χ3v) is 5.27. The van der Waals surface area contributed by atoms with Gasteiger partial charge in [0.25, 0.3) is 5.56 Å². The molecule has 0 atom stereocenters. The SMILES string of the molecule is Cn1c(N2CCN(CCCOc3ccc(C(F)(F)F)cc3)CC2)cc(=O)n(C)c1=O. The molecule has 0 bridgehead atoms. The monoisotopic (exact) mass is 426 g/mol. The van der Waals surface area contributed by atoms with Crippen molar-refractivity contribution in [2.45, 2.75) is 12.6 Å². The van der Waals surface area contributed by atoms with Crippen LogP contribution in [0.25, 0.3) is 0 Å². The number of anilines is 1. The average molecular weight is 426 g/mol. The molecule has 1 saturated heterocycles. The van der Waals surface area contributed by atoms with Gasteiger partial charge in [-0.15, -0.1) is 0 Å². The molecule has 10 heteroatoms. The molecule has 2 heterocycles. The fourth-order valence-electron chi connectivity index (χ4n) is 3.44. The topological polar surface area (TPSA) is 59.7 Å². The number of alkyl halides is 3. The highest BCUT2D eigenvalue weighted by atomic mass is 19.4. The molecule has 0 spiro atoms. The highest BCUT2D eigenvalue weighted by Crippen LogP contribution is 2.30. The van der Waals surface area contributed by atoms with Crippen LogP contribution in [0.1, 0.15) is 12.0 Å². The fraction of sp³-hybridized carbons (Fsp3) is 0.500. The van der Waals surface area contributed by atoms with Crippen LogP contribution >= 0.6 is 0 Å². The van der Waals surface area contributed by atoms with Gasteiger partial charge >= 0.3 is 11.9 Å². The van der Waals surface area contributed by atoms with E-state index in [0.717, 1.165) is 42.8 Å². The van der Waals surface area contributed by atoms with Crippen LogP contribution in [0.15, 0.2) is 39.9 Å². The second-order valence-corrected chi connectivity index (χ2v) is 7.29. The molecule has 0 unspecified atom stereocenters. The van der Waals surface area contributed by atoms with Crippen molar-refractivity contribution in [1.82, 2.24) is 14.0 Å². The Morgan fingerprint density at radius 1 is 0.967 bits per heavy atom. The number of hydrogen-bond acceptors (Lipinski definition) is 5. The van der Waals surface area contributed by atoms with Crippen LogP contribution in [0.4, 0.5) is 19.0 Å². The number of benzene rings is 1. The lowest BCUT2D eigenvalue weighted by atomic mass is 10.2. The molecule has 1 aliphatic heterocycles. The molecule has 0 aliphatic carbocycles. The lowest BCUT2D eigenvalue weighted by Crippen LogP contribution is -2.49. The molecule has 1 aliphatic rings. The first-order chi connectivity index (χ1) is 14.2. The Morgan fingerprint density at radius 3 is 2.20 bits per heavy atom. The van der Waals surface area contributed by atoms with Crippen LogP contribution < -0.4 is 20.9 Å². The molecule has 1 aromatic heterocycles. The summed E-state index contributed by atoms with van der Waals surface area (Å²) < 4.78 is 45.8. The van der Waals surface area contributed by atoms with E-state index < -0.39 is 11.7 Å². The van der Waals surface area contributed by atoms with E-state index in [1.165, 1.54) is 29.8 Å². The molecular weight excluding hydrogens is 401 g/mol. The van der Waals surface area contributed by atoms with E-state index in [1.807, 2.05) is 4.90 Å². The van der Waals surface area contributed by atoms with Gasteiger partial charge in [-0.2, -0.15) is 13.2 Å². The second-order valence-electron chi connectivity index (χ2n) is 7.29. The molecular formula is C20H25F3N4O3. The van der Waals surface area contributed by atoms with Crippen LogP contribution in [0.3, 0.4) is 0 Å². The summed E-state index contributed by atoms with van der Waals surface area (Å²) in [7, 11) is 3.11. The second kappa shape index (κ2) is 8.95. The summed E-state index contributed by atoms with van der Waals surface area (Å²) in [6, 6.07) is 6.17. The maximum absolute atomic E-state index is 12.6. The van der Waals surface area contributed by atoms with Crippen LogP contribution in [0, 0.1) is 0 Å². The fourth-order valence-corrected chi connectivity index (χ4v) is 3.44. The lowest BCUT2D eigenvalue weighted by molar-refractivity contribution is -0.137. The number of piperazine rings is 1. The summed E-state index contributed by atoms with van der Waals surface area (Å²) in [6.45, 7) is 4.16. The first-order valence-corrected chi connectivity index (χ1v) is 9.71. The standard InChI is InChI=1S/C20H25F3N4O3/c1-24-17(14-18(28)25(2)19(24)29)27-11-9-26(10-12-27)8-3-13-30-16-6-4-15(5-7-16)20(21,22)23/h4-7,14H,3,8-13H2,1-2H3. The van der Waals surface area contributed by atoms with E-state index in [1.54, 1.807) is 7.05 Å². The minimum Gasteiger partial charge on any atom is -0.494 e. The highest BCUT2D eigenvalue weighted by Gasteiger charge is 2.30. The van der Waals surface area contributed by atoms with E-state index in [4.69, 9.17) is 4.74 Å². The molecule has 30 heavy (non-hydrogen) atoms. The maximum Gasteiger partial charge on any atom is 0.416 e. The van der Waals surface area contributed by atoms with Crippen LogP contribution in [0.2, 0.25) is 0 Å². The third kappa shape index (κ3) is 5.05. The quantitative estimate of drug-likeness (QED) is 0.658. The molecule has 3 rings (SSSR count). The Morgan fingerprint density at radius 2 is 1.60 bits per heavy atom. The zero-order valence-corrected chi connectivity index (χ0v) is 17.0. The molecule has 1 aromatic carbocycles. The Hall–Kier alpha value is -2.75. The Bertz CT molecular complexity index is 975. The molecule has 164 valence electrons. The first-order valence-electron chi connectivity index (χ1n) is 9.71. The number of nitrogens with zero attached hydrogens (tertiary/aromatic N) is 4. The minimum atomic E-state index is -4.35. The lowest BCUT2D eigenvalue weighted by Gasteiger charge is -2.36. The van der Waals surface area contributed by atoms with Crippen molar-refractivity contribution in [3.8, 4) is 5.75 Å². The van der Waals surface area contributed by atoms with E-state index >= 15 is 0 Å². The van der Waals surface area contributed by atoms with E-state index in [-0.39, 0.29) is 11.2 Å².